The van der Waals surface area contributed by atoms with Crippen molar-refractivity contribution in [1.82, 2.24) is 10.6 Å². The number of rotatable bonds is 4. The summed E-state index contributed by atoms with van der Waals surface area (Å²) in [6.07, 6.45) is 4.47. The molecule has 17 heavy (non-hydrogen) atoms. The van der Waals surface area contributed by atoms with Crippen LogP contribution in [0.25, 0.3) is 0 Å². The Bertz CT molecular complexity index is 327. The molecule has 2 amide bonds. The topological polar surface area (TPSA) is 82.0 Å². The molecule has 0 aliphatic heterocycles. The number of carbonyl (C=O) groups is 2. The van der Waals surface area contributed by atoms with E-state index in [1.807, 2.05) is 0 Å². The summed E-state index contributed by atoms with van der Waals surface area (Å²) in [5.74, 6) is -0.330. The van der Waals surface area contributed by atoms with Gasteiger partial charge in [-0.3, -0.25) is 9.59 Å². The molecule has 0 bridgehead atoms. The van der Waals surface area contributed by atoms with Crippen molar-refractivity contribution in [3.05, 3.63) is 0 Å². The van der Waals surface area contributed by atoms with Crippen LogP contribution in [0.1, 0.15) is 38.5 Å². The summed E-state index contributed by atoms with van der Waals surface area (Å²) < 4.78 is 0. The number of nitrogens with zero attached hydrogens (tertiary/aromatic N) is 1. The van der Waals surface area contributed by atoms with Crippen molar-refractivity contribution in [1.29, 1.82) is 5.26 Å². The van der Waals surface area contributed by atoms with Gasteiger partial charge in [-0.1, -0.05) is 19.3 Å². The van der Waals surface area contributed by atoms with E-state index >= 15 is 0 Å². The van der Waals surface area contributed by atoms with Gasteiger partial charge >= 0.3 is 0 Å². The molecule has 0 unspecified atom stereocenters. The Labute approximate surface area is 102 Å². The molecule has 0 atom stereocenters. The molecule has 1 aliphatic carbocycles. The zero-order valence-corrected chi connectivity index (χ0v) is 10.2. The van der Waals surface area contributed by atoms with E-state index in [0.29, 0.717) is 19.4 Å². The van der Waals surface area contributed by atoms with Crippen LogP contribution < -0.4 is 10.6 Å². The third kappa shape index (κ3) is 3.45. The zero-order valence-electron chi connectivity index (χ0n) is 10.2. The Morgan fingerprint density at radius 2 is 1.94 bits per heavy atom. The molecule has 94 valence electrons. The molecule has 1 aliphatic rings. The third-order valence-corrected chi connectivity index (χ3v) is 3.27. The predicted octanol–water partition coefficient (Wildman–Crippen LogP) is 0.713. The molecule has 0 saturated heterocycles. The Hall–Kier alpha value is -1.57. The van der Waals surface area contributed by atoms with Crippen LogP contribution >= 0.6 is 0 Å². The first-order chi connectivity index (χ1) is 8.14. The second-order valence-corrected chi connectivity index (χ2v) is 4.43. The van der Waals surface area contributed by atoms with Crippen LogP contribution in [0.3, 0.4) is 0 Å². The molecular weight excluding hydrogens is 218 g/mol. The summed E-state index contributed by atoms with van der Waals surface area (Å²) in [7, 11) is 1.56. The summed E-state index contributed by atoms with van der Waals surface area (Å²) in [4.78, 5) is 22.9. The first kappa shape index (κ1) is 13.5. The van der Waals surface area contributed by atoms with Gasteiger partial charge in [-0.2, -0.15) is 5.26 Å². The molecule has 0 heterocycles. The van der Waals surface area contributed by atoms with Gasteiger partial charge in [-0.25, -0.2) is 0 Å². The quantitative estimate of drug-likeness (QED) is 0.755. The summed E-state index contributed by atoms with van der Waals surface area (Å²) >= 11 is 0. The molecule has 2 N–H and O–H groups in total. The Morgan fingerprint density at radius 1 is 1.29 bits per heavy atom. The van der Waals surface area contributed by atoms with E-state index in [9.17, 15) is 14.9 Å². The minimum absolute atomic E-state index is 0.111. The number of carbonyl (C=O) groups excluding carboxylic acids is 2. The maximum atomic E-state index is 12.0. The highest BCUT2D eigenvalue weighted by molar-refractivity contribution is 5.86. The molecule has 5 nitrogen and oxygen atoms in total. The number of nitrogens with one attached hydrogen (secondary N) is 2. The summed E-state index contributed by atoms with van der Waals surface area (Å²) in [5.41, 5.74) is -0.860. The number of nitriles is 1. The SMILES string of the molecule is CNC(=O)CCNC(=O)C1(C#N)CCCCC1. The van der Waals surface area contributed by atoms with Crippen LogP contribution in [0.5, 0.6) is 0 Å². The molecule has 0 aromatic heterocycles. The summed E-state index contributed by atoms with van der Waals surface area (Å²) in [6.45, 7) is 0.294. The fourth-order valence-corrected chi connectivity index (χ4v) is 2.13. The van der Waals surface area contributed by atoms with E-state index < -0.39 is 5.41 Å². The van der Waals surface area contributed by atoms with Gasteiger partial charge in [-0.05, 0) is 12.8 Å². The van der Waals surface area contributed by atoms with Gasteiger partial charge in [0.15, 0.2) is 0 Å². The molecule has 0 spiro atoms. The highest BCUT2D eigenvalue weighted by atomic mass is 16.2. The Kier molecular flexibility index (Phi) is 4.95. The average molecular weight is 237 g/mol. The number of hydrogen-bond donors (Lipinski definition) is 2. The molecule has 0 radical (unpaired) electrons. The molecule has 1 fully saturated rings. The standard InChI is InChI=1S/C12H19N3O2/c1-14-10(16)5-8-15-11(17)12(9-13)6-3-2-4-7-12/h2-8H2,1H3,(H,14,16)(H,15,17). The van der Waals surface area contributed by atoms with Crippen molar-refractivity contribution in [3.8, 4) is 6.07 Å². The van der Waals surface area contributed by atoms with Crippen LogP contribution in [0.15, 0.2) is 0 Å². The van der Waals surface area contributed by atoms with Gasteiger partial charge in [0.1, 0.15) is 5.41 Å². The second-order valence-electron chi connectivity index (χ2n) is 4.43. The van der Waals surface area contributed by atoms with E-state index in [2.05, 4.69) is 16.7 Å². The van der Waals surface area contributed by atoms with Crippen LogP contribution in [0.2, 0.25) is 0 Å². The number of amides is 2. The normalized spacial score (nSPS) is 17.9. The third-order valence-electron chi connectivity index (χ3n) is 3.27. The Morgan fingerprint density at radius 3 is 2.47 bits per heavy atom. The number of hydrogen-bond acceptors (Lipinski definition) is 3. The minimum Gasteiger partial charge on any atom is -0.359 e. The molecular formula is C12H19N3O2. The largest absolute Gasteiger partial charge is 0.359 e. The fourth-order valence-electron chi connectivity index (χ4n) is 2.13. The smallest absolute Gasteiger partial charge is 0.240 e. The summed E-state index contributed by atoms with van der Waals surface area (Å²) in [6, 6.07) is 2.16. The van der Waals surface area contributed by atoms with Crippen LogP contribution in [-0.4, -0.2) is 25.4 Å². The van der Waals surface area contributed by atoms with Crippen molar-refractivity contribution in [2.75, 3.05) is 13.6 Å². The first-order valence-corrected chi connectivity index (χ1v) is 6.05. The lowest BCUT2D eigenvalue weighted by molar-refractivity contribution is -0.129. The maximum Gasteiger partial charge on any atom is 0.240 e. The molecule has 0 aromatic carbocycles. The van der Waals surface area contributed by atoms with Crippen molar-refractivity contribution < 1.29 is 9.59 Å². The fraction of sp³-hybridized carbons (Fsp3) is 0.750. The van der Waals surface area contributed by atoms with Gasteiger partial charge in [0.2, 0.25) is 11.8 Å². The van der Waals surface area contributed by atoms with Gasteiger partial charge in [0, 0.05) is 20.0 Å². The molecule has 1 saturated carbocycles. The van der Waals surface area contributed by atoms with Gasteiger partial charge < -0.3 is 10.6 Å². The minimum atomic E-state index is -0.860. The van der Waals surface area contributed by atoms with E-state index in [0.717, 1.165) is 19.3 Å². The molecule has 1 rings (SSSR count). The lowest BCUT2D eigenvalue weighted by Gasteiger charge is -2.29. The van der Waals surface area contributed by atoms with E-state index in [4.69, 9.17) is 0 Å². The maximum absolute atomic E-state index is 12.0. The predicted molar refractivity (Wildman–Crippen MR) is 62.8 cm³/mol. The van der Waals surface area contributed by atoms with Gasteiger partial charge in [0.05, 0.1) is 6.07 Å². The lowest BCUT2D eigenvalue weighted by atomic mass is 9.74. The van der Waals surface area contributed by atoms with E-state index in [-0.39, 0.29) is 18.2 Å². The zero-order chi connectivity index (χ0) is 12.7. The van der Waals surface area contributed by atoms with Crippen molar-refractivity contribution in [3.63, 3.8) is 0 Å². The lowest BCUT2D eigenvalue weighted by Crippen LogP contribution is -2.42. The van der Waals surface area contributed by atoms with Crippen LogP contribution in [-0.2, 0) is 9.59 Å². The van der Waals surface area contributed by atoms with E-state index in [1.54, 1.807) is 7.05 Å². The van der Waals surface area contributed by atoms with Crippen molar-refractivity contribution in [2.24, 2.45) is 5.41 Å². The van der Waals surface area contributed by atoms with E-state index in [1.165, 1.54) is 0 Å². The first-order valence-electron chi connectivity index (χ1n) is 6.05. The highest BCUT2D eigenvalue weighted by Crippen LogP contribution is 2.35. The summed E-state index contributed by atoms with van der Waals surface area (Å²) in [5, 5.41) is 14.4. The Balaban J connectivity index is 2.45. The van der Waals surface area contributed by atoms with Crippen molar-refractivity contribution >= 4 is 11.8 Å². The van der Waals surface area contributed by atoms with Crippen LogP contribution in [0, 0.1) is 16.7 Å². The average Bonchev–Trinajstić information content (AvgIpc) is 2.39. The van der Waals surface area contributed by atoms with Crippen LogP contribution in [0.4, 0.5) is 0 Å². The highest BCUT2D eigenvalue weighted by Gasteiger charge is 2.39. The van der Waals surface area contributed by atoms with Gasteiger partial charge in [-0.15, -0.1) is 0 Å². The van der Waals surface area contributed by atoms with Gasteiger partial charge in [0.25, 0.3) is 0 Å². The second kappa shape index (κ2) is 6.24. The monoisotopic (exact) mass is 237 g/mol. The molecule has 0 aromatic rings. The van der Waals surface area contributed by atoms with Crippen molar-refractivity contribution in [2.45, 2.75) is 38.5 Å². The molecule has 5 heteroatoms.